The Hall–Kier alpha value is -4.55. The van der Waals surface area contributed by atoms with E-state index in [2.05, 4.69) is 20.7 Å². The van der Waals surface area contributed by atoms with Gasteiger partial charge in [-0.25, -0.2) is 18.5 Å². The molecule has 0 unspecified atom stereocenters. The minimum atomic E-state index is -4.98. The molecule has 4 aromatic rings. The van der Waals surface area contributed by atoms with Gasteiger partial charge in [-0.2, -0.15) is 18.3 Å². The first-order chi connectivity index (χ1) is 16.7. The molecule has 2 heterocycles. The number of hydrogen-bond donors (Lipinski definition) is 1. The second-order valence-corrected chi connectivity index (χ2v) is 7.04. The normalized spacial score (nSPS) is 11.3. The van der Waals surface area contributed by atoms with E-state index in [0.29, 0.717) is 10.4 Å². The first-order valence-corrected chi connectivity index (χ1v) is 10.1. The lowest BCUT2D eigenvalue weighted by Gasteiger charge is -2.11. The van der Waals surface area contributed by atoms with Gasteiger partial charge < -0.3 is 10.1 Å². The summed E-state index contributed by atoms with van der Waals surface area (Å²) in [6.45, 7) is 1.84. The summed E-state index contributed by atoms with van der Waals surface area (Å²) in [4.78, 5) is 24.5. The van der Waals surface area contributed by atoms with Crippen LogP contribution in [0.15, 0.2) is 60.8 Å². The minimum Gasteiger partial charge on any atom is -0.461 e. The van der Waals surface area contributed by atoms with Crippen molar-refractivity contribution in [3.8, 4) is 11.4 Å². The standard InChI is InChI=1S/C22H16F4N6O3/c1-2-35-21(34)17-10-11-31(29-17)16-5-3-4-14(12-16)27-20(33)18-19(22(24,25)26)32(30-28-18)15-8-6-13(23)7-9-15/h3-12H,2H2,1H3,(H,27,33). The highest BCUT2D eigenvalue weighted by atomic mass is 19.4. The van der Waals surface area contributed by atoms with Crippen molar-refractivity contribution < 1.29 is 31.9 Å². The number of anilines is 1. The molecule has 0 saturated heterocycles. The Morgan fingerprint density at radius 1 is 1.06 bits per heavy atom. The number of nitrogens with one attached hydrogen (secondary N) is 1. The Morgan fingerprint density at radius 2 is 1.80 bits per heavy atom. The van der Waals surface area contributed by atoms with Crippen molar-refractivity contribution in [3.05, 3.63) is 83.7 Å². The van der Waals surface area contributed by atoms with Gasteiger partial charge in [-0.05, 0) is 55.5 Å². The van der Waals surface area contributed by atoms with E-state index >= 15 is 0 Å². The highest BCUT2D eigenvalue weighted by Crippen LogP contribution is 2.33. The Balaban J connectivity index is 1.61. The molecule has 2 aromatic carbocycles. The van der Waals surface area contributed by atoms with Crippen LogP contribution in [-0.4, -0.2) is 43.3 Å². The van der Waals surface area contributed by atoms with Crippen molar-refractivity contribution >= 4 is 17.6 Å². The van der Waals surface area contributed by atoms with Crippen LogP contribution in [0, 0.1) is 5.82 Å². The minimum absolute atomic E-state index is 0.0634. The summed E-state index contributed by atoms with van der Waals surface area (Å²) >= 11 is 0. The molecule has 0 atom stereocenters. The van der Waals surface area contributed by atoms with Gasteiger partial charge in [0.05, 0.1) is 18.0 Å². The van der Waals surface area contributed by atoms with Crippen LogP contribution in [0.2, 0.25) is 0 Å². The Morgan fingerprint density at radius 3 is 2.49 bits per heavy atom. The van der Waals surface area contributed by atoms with Gasteiger partial charge in [-0.15, -0.1) is 5.10 Å². The number of rotatable bonds is 6. The molecule has 35 heavy (non-hydrogen) atoms. The molecule has 1 amide bonds. The largest absolute Gasteiger partial charge is 0.461 e. The lowest BCUT2D eigenvalue weighted by atomic mass is 10.2. The van der Waals surface area contributed by atoms with Crippen LogP contribution in [0.25, 0.3) is 11.4 Å². The second kappa shape index (κ2) is 9.37. The number of carbonyl (C=O) groups is 2. The molecule has 0 aliphatic heterocycles. The zero-order chi connectivity index (χ0) is 25.2. The van der Waals surface area contributed by atoms with Crippen LogP contribution in [-0.2, 0) is 10.9 Å². The predicted molar refractivity (Wildman–Crippen MR) is 114 cm³/mol. The van der Waals surface area contributed by atoms with Gasteiger partial charge in [0, 0.05) is 11.9 Å². The van der Waals surface area contributed by atoms with Crippen LogP contribution in [0.4, 0.5) is 23.2 Å². The van der Waals surface area contributed by atoms with E-state index in [1.54, 1.807) is 13.0 Å². The Bertz CT molecular complexity index is 1380. The molecule has 2 aromatic heterocycles. The zero-order valence-corrected chi connectivity index (χ0v) is 18.0. The number of carbonyl (C=O) groups excluding carboxylic acids is 2. The smallest absolute Gasteiger partial charge is 0.435 e. The molecular weight excluding hydrogens is 472 g/mol. The van der Waals surface area contributed by atoms with E-state index in [1.165, 1.54) is 35.1 Å². The number of amides is 1. The van der Waals surface area contributed by atoms with Crippen molar-refractivity contribution in [2.24, 2.45) is 0 Å². The fourth-order valence-electron chi connectivity index (χ4n) is 3.15. The summed E-state index contributed by atoms with van der Waals surface area (Å²) in [5.74, 6) is -2.41. The van der Waals surface area contributed by atoms with Gasteiger partial charge in [0.1, 0.15) is 5.82 Å². The second-order valence-electron chi connectivity index (χ2n) is 7.04. The monoisotopic (exact) mass is 488 g/mol. The lowest BCUT2D eigenvalue weighted by Crippen LogP contribution is -2.21. The third-order valence-electron chi connectivity index (χ3n) is 4.67. The molecule has 0 aliphatic rings. The van der Waals surface area contributed by atoms with Crippen molar-refractivity contribution in [2.75, 3.05) is 11.9 Å². The molecule has 0 spiro atoms. The number of hydrogen-bond acceptors (Lipinski definition) is 6. The number of nitrogens with zero attached hydrogens (tertiary/aromatic N) is 5. The molecule has 0 aliphatic carbocycles. The highest BCUT2D eigenvalue weighted by Gasteiger charge is 2.42. The van der Waals surface area contributed by atoms with Crippen LogP contribution >= 0.6 is 0 Å². The summed E-state index contributed by atoms with van der Waals surface area (Å²) in [5, 5.41) is 13.3. The molecule has 0 bridgehead atoms. The molecule has 0 radical (unpaired) electrons. The molecule has 13 heteroatoms. The highest BCUT2D eigenvalue weighted by molar-refractivity contribution is 6.03. The fourth-order valence-corrected chi connectivity index (χ4v) is 3.15. The number of benzene rings is 2. The van der Waals surface area contributed by atoms with E-state index < -0.39 is 35.3 Å². The average Bonchev–Trinajstić information content (AvgIpc) is 3.48. The molecular formula is C22H16F4N6O3. The number of aromatic nitrogens is 5. The van der Waals surface area contributed by atoms with E-state index in [1.807, 2.05) is 0 Å². The van der Waals surface area contributed by atoms with Crippen LogP contribution in [0.3, 0.4) is 0 Å². The van der Waals surface area contributed by atoms with E-state index in [-0.39, 0.29) is 23.7 Å². The molecule has 4 rings (SSSR count). The predicted octanol–water partition coefficient (Wildman–Crippen LogP) is 4.04. The average molecular weight is 488 g/mol. The van der Waals surface area contributed by atoms with Crippen molar-refractivity contribution in [1.29, 1.82) is 0 Å². The maximum atomic E-state index is 13.8. The number of halogens is 4. The van der Waals surface area contributed by atoms with Crippen molar-refractivity contribution in [3.63, 3.8) is 0 Å². The fraction of sp³-hybridized carbons (Fsp3) is 0.136. The molecule has 180 valence electrons. The van der Waals surface area contributed by atoms with Gasteiger partial charge in [0.25, 0.3) is 5.91 Å². The first-order valence-electron chi connectivity index (χ1n) is 10.1. The zero-order valence-electron chi connectivity index (χ0n) is 18.0. The third kappa shape index (κ3) is 5.03. The van der Waals surface area contributed by atoms with Crippen LogP contribution in [0.1, 0.15) is 33.6 Å². The summed E-state index contributed by atoms with van der Waals surface area (Å²) in [6, 6.07) is 11.6. The Labute approximate surface area is 194 Å². The summed E-state index contributed by atoms with van der Waals surface area (Å²) in [6.07, 6.45) is -3.49. The van der Waals surface area contributed by atoms with Crippen LogP contribution < -0.4 is 5.32 Å². The summed E-state index contributed by atoms with van der Waals surface area (Å²) in [7, 11) is 0. The molecule has 0 fully saturated rings. The van der Waals surface area contributed by atoms with E-state index in [9.17, 15) is 27.2 Å². The molecule has 0 saturated carbocycles. The summed E-state index contributed by atoms with van der Waals surface area (Å²) in [5.41, 5.74) is -1.87. The lowest BCUT2D eigenvalue weighted by molar-refractivity contribution is -0.143. The summed E-state index contributed by atoms with van der Waals surface area (Å²) < 4.78 is 61.3. The van der Waals surface area contributed by atoms with Gasteiger partial charge in [-0.1, -0.05) is 11.3 Å². The van der Waals surface area contributed by atoms with Crippen molar-refractivity contribution in [2.45, 2.75) is 13.1 Å². The topological polar surface area (TPSA) is 104 Å². The Kier molecular flexibility index (Phi) is 6.32. The SMILES string of the molecule is CCOC(=O)c1ccn(-c2cccc(NC(=O)c3nnn(-c4ccc(F)cc4)c3C(F)(F)F)c2)n1. The van der Waals surface area contributed by atoms with E-state index in [4.69, 9.17) is 4.74 Å². The van der Waals surface area contributed by atoms with Crippen LogP contribution in [0.5, 0.6) is 0 Å². The maximum Gasteiger partial charge on any atom is 0.435 e. The van der Waals surface area contributed by atoms with Gasteiger partial charge in [-0.3, -0.25) is 4.79 Å². The maximum absolute atomic E-state index is 13.8. The first kappa shape index (κ1) is 23.6. The van der Waals surface area contributed by atoms with E-state index in [0.717, 1.165) is 24.3 Å². The van der Waals surface area contributed by atoms with Gasteiger partial charge in [0.2, 0.25) is 0 Å². The third-order valence-corrected chi connectivity index (χ3v) is 4.67. The number of esters is 1. The van der Waals surface area contributed by atoms with Crippen molar-refractivity contribution in [1.82, 2.24) is 24.8 Å². The molecule has 9 nitrogen and oxygen atoms in total. The van der Waals surface area contributed by atoms with Gasteiger partial charge in [0.15, 0.2) is 17.1 Å². The number of ether oxygens (including phenoxy) is 1. The van der Waals surface area contributed by atoms with Gasteiger partial charge >= 0.3 is 12.1 Å². The molecule has 1 N–H and O–H groups in total. The quantitative estimate of drug-likeness (QED) is 0.325. The number of alkyl halides is 3.